The van der Waals surface area contributed by atoms with Gasteiger partial charge in [-0.3, -0.25) is 9.59 Å². The average Bonchev–Trinajstić information content (AvgIpc) is 3.12. The van der Waals surface area contributed by atoms with E-state index in [-0.39, 0.29) is 11.8 Å². The SMILES string of the molecule is CC(=O)NCCc1csc([C@H]2CCCN(C(=O)c3cc(C)ccc3C)C2)n1. The molecule has 144 valence electrons. The van der Waals surface area contributed by atoms with E-state index in [1.807, 2.05) is 36.9 Å². The predicted molar refractivity (Wildman–Crippen MR) is 108 cm³/mol. The smallest absolute Gasteiger partial charge is 0.254 e. The summed E-state index contributed by atoms with van der Waals surface area (Å²) in [5.41, 5.74) is 3.97. The predicted octanol–water partition coefficient (Wildman–Crippen LogP) is 3.46. The van der Waals surface area contributed by atoms with Crippen LogP contribution in [0.4, 0.5) is 0 Å². The van der Waals surface area contributed by atoms with Gasteiger partial charge in [0.25, 0.3) is 5.91 Å². The summed E-state index contributed by atoms with van der Waals surface area (Å²) in [6.07, 6.45) is 2.81. The van der Waals surface area contributed by atoms with Gasteiger partial charge in [-0.25, -0.2) is 4.98 Å². The summed E-state index contributed by atoms with van der Waals surface area (Å²) in [5.74, 6) is 0.411. The molecule has 1 aromatic carbocycles. The zero-order chi connectivity index (χ0) is 19.4. The third-order valence-corrected chi connectivity index (χ3v) is 6.06. The zero-order valence-electron chi connectivity index (χ0n) is 16.2. The van der Waals surface area contributed by atoms with E-state index in [1.54, 1.807) is 11.3 Å². The summed E-state index contributed by atoms with van der Waals surface area (Å²) >= 11 is 1.67. The fourth-order valence-electron chi connectivity index (χ4n) is 3.49. The highest BCUT2D eigenvalue weighted by Crippen LogP contribution is 2.30. The minimum atomic E-state index is -0.0154. The van der Waals surface area contributed by atoms with Crippen molar-refractivity contribution in [1.82, 2.24) is 15.2 Å². The van der Waals surface area contributed by atoms with Gasteiger partial charge in [-0.2, -0.15) is 0 Å². The standard InChI is InChI=1S/C21H27N3O2S/c1-14-6-7-15(2)19(11-14)21(26)24-10-4-5-17(12-24)20-23-18(13-27-20)8-9-22-16(3)25/h6-7,11,13,17H,4-5,8-10,12H2,1-3H3,(H,22,25)/t17-/m0/s1. The Morgan fingerprint density at radius 1 is 1.33 bits per heavy atom. The Balaban J connectivity index is 1.65. The summed E-state index contributed by atoms with van der Waals surface area (Å²) in [7, 11) is 0. The number of carbonyl (C=O) groups excluding carboxylic acids is 2. The molecular formula is C21H27N3O2S. The number of piperidine rings is 1. The Labute approximate surface area is 164 Å². The Morgan fingerprint density at radius 3 is 2.93 bits per heavy atom. The highest BCUT2D eigenvalue weighted by atomic mass is 32.1. The largest absolute Gasteiger partial charge is 0.356 e. The third-order valence-electron chi connectivity index (χ3n) is 5.01. The number of carbonyl (C=O) groups is 2. The van der Waals surface area contributed by atoms with Crippen molar-refractivity contribution in [3.05, 3.63) is 51.0 Å². The second-order valence-corrected chi connectivity index (χ2v) is 8.21. The molecule has 0 radical (unpaired) electrons. The van der Waals surface area contributed by atoms with Gasteiger partial charge in [-0.15, -0.1) is 11.3 Å². The number of thiazole rings is 1. The number of aryl methyl sites for hydroxylation is 2. The normalized spacial score (nSPS) is 17.0. The monoisotopic (exact) mass is 385 g/mol. The van der Waals surface area contributed by atoms with Crippen LogP contribution in [0.3, 0.4) is 0 Å². The lowest BCUT2D eigenvalue weighted by Crippen LogP contribution is -2.39. The molecule has 1 aromatic heterocycles. The molecule has 1 atom stereocenters. The topological polar surface area (TPSA) is 62.3 Å². The fraction of sp³-hybridized carbons (Fsp3) is 0.476. The van der Waals surface area contributed by atoms with Crippen LogP contribution in [-0.2, 0) is 11.2 Å². The maximum absolute atomic E-state index is 13.0. The van der Waals surface area contributed by atoms with Gasteiger partial charge in [-0.05, 0) is 38.3 Å². The van der Waals surface area contributed by atoms with E-state index in [9.17, 15) is 9.59 Å². The van der Waals surface area contributed by atoms with E-state index in [4.69, 9.17) is 4.98 Å². The molecule has 1 N–H and O–H groups in total. The van der Waals surface area contributed by atoms with Gasteiger partial charge in [0, 0.05) is 49.8 Å². The molecule has 0 bridgehead atoms. The highest BCUT2D eigenvalue weighted by Gasteiger charge is 2.28. The molecule has 2 amide bonds. The average molecular weight is 386 g/mol. The number of nitrogens with zero attached hydrogens (tertiary/aromatic N) is 2. The Morgan fingerprint density at radius 2 is 2.15 bits per heavy atom. The van der Waals surface area contributed by atoms with Crippen LogP contribution in [0, 0.1) is 13.8 Å². The van der Waals surface area contributed by atoms with Crippen molar-refractivity contribution < 1.29 is 9.59 Å². The molecule has 0 saturated carbocycles. The molecule has 0 spiro atoms. The van der Waals surface area contributed by atoms with Crippen molar-refractivity contribution in [3.8, 4) is 0 Å². The van der Waals surface area contributed by atoms with Crippen molar-refractivity contribution in [2.75, 3.05) is 19.6 Å². The molecule has 5 nitrogen and oxygen atoms in total. The molecular weight excluding hydrogens is 358 g/mol. The second-order valence-electron chi connectivity index (χ2n) is 7.32. The van der Waals surface area contributed by atoms with E-state index in [1.165, 1.54) is 6.92 Å². The zero-order valence-corrected chi connectivity index (χ0v) is 17.1. The van der Waals surface area contributed by atoms with Gasteiger partial charge in [0.1, 0.15) is 0 Å². The lowest BCUT2D eigenvalue weighted by molar-refractivity contribution is -0.118. The molecule has 1 fully saturated rings. The van der Waals surface area contributed by atoms with E-state index >= 15 is 0 Å². The first-order valence-corrected chi connectivity index (χ1v) is 10.4. The van der Waals surface area contributed by atoms with Crippen LogP contribution in [-0.4, -0.2) is 41.3 Å². The summed E-state index contributed by atoms with van der Waals surface area (Å²) in [6, 6.07) is 6.06. The number of nitrogens with one attached hydrogen (secondary N) is 1. The van der Waals surface area contributed by atoms with Crippen molar-refractivity contribution in [1.29, 1.82) is 0 Å². The number of hydrogen-bond donors (Lipinski definition) is 1. The van der Waals surface area contributed by atoms with Crippen LogP contribution in [0.1, 0.15) is 57.9 Å². The molecule has 1 aliphatic heterocycles. The maximum Gasteiger partial charge on any atom is 0.254 e. The van der Waals surface area contributed by atoms with Crippen LogP contribution < -0.4 is 5.32 Å². The lowest BCUT2D eigenvalue weighted by Gasteiger charge is -2.32. The molecule has 1 saturated heterocycles. The van der Waals surface area contributed by atoms with E-state index < -0.39 is 0 Å². The molecule has 27 heavy (non-hydrogen) atoms. The van der Waals surface area contributed by atoms with Gasteiger partial charge < -0.3 is 10.2 Å². The quantitative estimate of drug-likeness (QED) is 0.857. The van der Waals surface area contributed by atoms with Crippen LogP contribution in [0.15, 0.2) is 23.6 Å². The minimum Gasteiger partial charge on any atom is -0.356 e. The van der Waals surface area contributed by atoms with E-state index in [0.717, 1.165) is 59.7 Å². The number of rotatable bonds is 5. The summed E-state index contributed by atoms with van der Waals surface area (Å²) < 4.78 is 0. The van der Waals surface area contributed by atoms with Crippen LogP contribution in [0.2, 0.25) is 0 Å². The van der Waals surface area contributed by atoms with E-state index in [0.29, 0.717) is 12.5 Å². The first kappa shape index (κ1) is 19.5. The fourth-order valence-corrected chi connectivity index (χ4v) is 4.47. The van der Waals surface area contributed by atoms with Crippen LogP contribution in [0.25, 0.3) is 0 Å². The molecule has 2 aromatic rings. The van der Waals surface area contributed by atoms with Crippen molar-refractivity contribution in [2.24, 2.45) is 0 Å². The van der Waals surface area contributed by atoms with E-state index in [2.05, 4.69) is 10.7 Å². The molecule has 1 aliphatic rings. The van der Waals surface area contributed by atoms with Gasteiger partial charge in [0.05, 0.1) is 10.7 Å². The molecule has 6 heteroatoms. The molecule has 0 aliphatic carbocycles. The summed E-state index contributed by atoms with van der Waals surface area (Å²) in [5, 5.41) is 5.98. The van der Waals surface area contributed by atoms with Crippen LogP contribution >= 0.6 is 11.3 Å². The number of benzene rings is 1. The van der Waals surface area contributed by atoms with Gasteiger partial charge in [0.15, 0.2) is 0 Å². The number of hydrogen-bond acceptors (Lipinski definition) is 4. The first-order valence-electron chi connectivity index (χ1n) is 9.49. The first-order chi connectivity index (χ1) is 12.9. The maximum atomic E-state index is 13.0. The van der Waals surface area contributed by atoms with Crippen molar-refractivity contribution >= 4 is 23.2 Å². The summed E-state index contributed by atoms with van der Waals surface area (Å²) in [6.45, 7) is 7.69. The minimum absolute atomic E-state index is 0.0154. The second kappa shape index (κ2) is 8.65. The third kappa shape index (κ3) is 4.95. The molecule has 2 heterocycles. The Kier molecular flexibility index (Phi) is 6.26. The Hall–Kier alpha value is -2.21. The highest BCUT2D eigenvalue weighted by molar-refractivity contribution is 7.09. The van der Waals surface area contributed by atoms with Crippen molar-refractivity contribution in [3.63, 3.8) is 0 Å². The number of likely N-dealkylation sites (tertiary alicyclic amines) is 1. The molecule has 0 unspecified atom stereocenters. The number of aromatic nitrogens is 1. The Bertz CT molecular complexity index is 831. The van der Waals surface area contributed by atoms with Gasteiger partial charge in [0.2, 0.25) is 5.91 Å². The summed E-state index contributed by atoms with van der Waals surface area (Å²) in [4.78, 5) is 30.7. The van der Waals surface area contributed by atoms with Crippen LogP contribution in [0.5, 0.6) is 0 Å². The van der Waals surface area contributed by atoms with Crippen molar-refractivity contribution in [2.45, 2.75) is 46.0 Å². The molecule has 3 rings (SSSR count). The van der Waals surface area contributed by atoms with Gasteiger partial charge >= 0.3 is 0 Å². The lowest BCUT2D eigenvalue weighted by atomic mass is 9.97. The number of amides is 2. The van der Waals surface area contributed by atoms with Gasteiger partial charge in [-0.1, -0.05) is 17.7 Å².